The summed E-state index contributed by atoms with van der Waals surface area (Å²) in [5.41, 5.74) is 0.860. The molecule has 1 N–H and O–H groups in total. The van der Waals surface area contributed by atoms with E-state index in [4.69, 9.17) is 23.2 Å². The number of rotatable bonds is 4. The van der Waals surface area contributed by atoms with E-state index in [1.54, 1.807) is 42.8 Å². The number of anilines is 1. The molecule has 0 fully saturated rings. The maximum atomic E-state index is 13.5. The number of alkyl halides is 3. The number of carbonyl (C=O) groups excluding carboxylic acids is 1. The molecule has 0 aliphatic rings. The van der Waals surface area contributed by atoms with E-state index in [-0.39, 0.29) is 33.1 Å². The molecule has 0 radical (unpaired) electrons. The minimum Gasteiger partial charge on any atom is -0.319 e. The smallest absolute Gasteiger partial charge is 0.319 e. The fourth-order valence-corrected chi connectivity index (χ4v) is 4.26. The molecule has 0 atom stereocenters. The number of amides is 1. The number of hydrogen-bond donors (Lipinski definition) is 1. The van der Waals surface area contributed by atoms with Crippen molar-refractivity contribution in [2.45, 2.75) is 26.6 Å². The lowest BCUT2D eigenvalue weighted by Gasteiger charge is -2.13. The van der Waals surface area contributed by atoms with Crippen LogP contribution in [0.3, 0.4) is 0 Å². The molecule has 11 heteroatoms. The van der Waals surface area contributed by atoms with Crippen LogP contribution in [0.5, 0.6) is 0 Å². The van der Waals surface area contributed by atoms with Gasteiger partial charge in [-0.25, -0.2) is 4.98 Å². The quantitative estimate of drug-likeness (QED) is 0.332. The van der Waals surface area contributed by atoms with Gasteiger partial charge >= 0.3 is 6.18 Å². The van der Waals surface area contributed by atoms with E-state index >= 15 is 0 Å². The molecule has 178 valence electrons. The van der Waals surface area contributed by atoms with Crippen molar-refractivity contribution in [1.29, 1.82) is 5.26 Å². The van der Waals surface area contributed by atoms with Crippen LogP contribution in [0.15, 0.2) is 42.5 Å². The molecule has 4 aromatic rings. The molecule has 0 aliphatic carbocycles. The van der Waals surface area contributed by atoms with Crippen LogP contribution in [-0.4, -0.2) is 20.7 Å². The summed E-state index contributed by atoms with van der Waals surface area (Å²) >= 11 is 12.1. The molecule has 4 rings (SSSR count). The Morgan fingerprint density at radius 3 is 2.57 bits per heavy atom. The summed E-state index contributed by atoms with van der Waals surface area (Å²) in [4.78, 5) is 16.8. The van der Waals surface area contributed by atoms with Crippen LogP contribution in [0.2, 0.25) is 10.0 Å². The van der Waals surface area contributed by atoms with Gasteiger partial charge < -0.3 is 5.32 Å². The lowest BCUT2D eigenvalue weighted by Crippen LogP contribution is -2.17. The highest BCUT2D eigenvalue weighted by molar-refractivity contribution is 6.39. The molecule has 0 saturated carbocycles. The number of nitrogens with one attached hydrogen (secondary N) is 1. The van der Waals surface area contributed by atoms with Gasteiger partial charge in [0.05, 0.1) is 51.4 Å². The number of aryl methyl sites for hydroxylation is 1. The first-order valence-electron chi connectivity index (χ1n) is 10.2. The summed E-state index contributed by atoms with van der Waals surface area (Å²) in [6, 6.07) is 12.4. The number of fused-ring (bicyclic) bond motifs is 1. The first-order chi connectivity index (χ1) is 16.5. The van der Waals surface area contributed by atoms with E-state index in [1.165, 1.54) is 12.1 Å². The van der Waals surface area contributed by atoms with Crippen LogP contribution in [0.25, 0.3) is 10.9 Å². The van der Waals surface area contributed by atoms with E-state index in [9.17, 15) is 23.2 Å². The minimum absolute atomic E-state index is 0.0821. The van der Waals surface area contributed by atoms with E-state index in [2.05, 4.69) is 21.5 Å². The summed E-state index contributed by atoms with van der Waals surface area (Å²) < 4.78 is 42.1. The first-order valence-corrected chi connectivity index (χ1v) is 11.0. The average Bonchev–Trinajstić information content (AvgIpc) is 3.05. The second-order valence-electron chi connectivity index (χ2n) is 7.76. The number of nitrogens with zero attached hydrogens (tertiary/aromatic N) is 4. The lowest BCUT2D eigenvalue weighted by molar-refractivity contribution is -0.140. The number of carbonyl (C=O) groups is 1. The Hall–Kier alpha value is -3.61. The van der Waals surface area contributed by atoms with Crippen molar-refractivity contribution in [3.8, 4) is 6.07 Å². The van der Waals surface area contributed by atoms with Gasteiger partial charge in [0.15, 0.2) is 0 Å². The molecule has 2 aromatic heterocycles. The van der Waals surface area contributed by atoms with Crippen LogP contribution < -0.4 is 5.32 Å². The summed E-state index contributed by atoms with van der Waals surface area (Å²) in [5.74, 6) is -0.801. The van der Waals surface area contributed by atoms with Crippen LogP contribution >= 0.6 is 23.2 Å². The van der Waals surface area contributed by atoms with Crippen molar-refractivity contribution in [2.75, 3.05) is 5.32 Å². The number of aromatic nitrogens is 3. The average molecular weight is 518 g/mol. The lowest BCUT2D eigenvalue weighted by atomic mass is 10.1. The molecule has 0 saturated heterocycles. The zero-order valence-electron chi connectivity index (χ0n) is 18.3. The van der Waals surface area contributed by atoms with Crippen molar-refractivity contribution in [3.63, 3.8) is 0 Å². The van der Waals surface area contributed by atoms with Gasteiger partial charge in [0.1, 0.15) is 5.69 Å². The van der Waals surface area contributed by atoms with Crippen molar-refractivity contribution < 1.29 is 18.0 Å². The zero-order valence-corrected chi connectivity index (χ0v) is 19.8. The van der Waals surface area contributed by atoms with Crippen LogP contribution in [-0.2, 0) is 12.7 Å². The third kappa shape index (κ3) is 4.81. The third-order valence-corrected chi connectivity index (χ3v) is 5.95. The van der Waals surface area contributed by atoms with Crippen LogP contribution in [0.4, 0.5) is 18.9 Å². The Morgan fingerprint density at radius 1 is 1.17 bits per heavy atom. The van der Waals surface area contributed by atoms with E-state index < -0.39 is 17.8 Å². The standard InChI is InChI=1S/C24H16Cl2F3N5O/c1-12-21(13(2)34(33-12)11-15-6-4-3-5-14(15)10-30)32-23(35)18-9-20(24(27,28)29)31-22-17(18)7-16(25)8-19(22)26/h3-9H,11H2,1-2H3,(H,32,35). The maximum Gasteiger partial charge on any atom is 0.433 e. The third-order valence-electron chi connectivity index (χ3n) is 5.44. The van der Waals surface area contributed by atoms with Crippen LogP contribution in [0, 0.1) is 25.2 Å². The SMILES string of the molecule is Cc1nn(Cc2ccccc2C#N)c(C)c1NC(=O)c1cc(C(F)(F)F)nc2c(Cl)cc(Cl)cc12. The monoisotopic (exact) mass is 517 g/mol. The molecule has 0 unspecified atom stereocenters. The molecule has 0 spiro atoms. The van der Waals surface area contributed by atoms with Gasteiger partial charge in [0, 0.05) is 10.4 Å². The van der Waals surface area contributed by atoms with E-state index in [0.717, 1.165) is 5.56 Å². The Labute approximate surface area is 207 Å². The molecular weight excluding hydrogens is 502 g/mol. The largest absolute Gasteiger partial charge is 0.433 e. The Bertz CT molecular complexity index is 1520. The Morgan fingerprint density at radius 2 is 1.89 bits per heavy atom. The maximum absolute atomic E-state index is 13.5. The predicted octanol–water partition coefficient (Wildman–Crippen LogP) is 6.55. The normalized spacial score (nSPS) is 11.5. The van der Waals surface area contributed by atoms with Gasteiger partial charge in [-0.2, -0.15) is 23.5 Å². The molecule has 35 heavy (non-hydrogen) atoms. The van der Waals surface area contributed by atoms with Crippen molar-refractivity contribution in [3.05, 3.63) is 86.3 Å². The molecule has 6 nitrogen and oxygen atoms in total. The topological polar surface area (TPSA) is 83.6 Å². The summed E-state index contributed by atoms with van der Waals surface area (Å²) in [5, 5.41) is 16.6. The van der Waals surface area contributed by atoms with Gasteiger partial charge in [0.25, 0.3) is 5.91 Å². The van der Waals surface area contributed by atoms with Crippen molar-refractivity contribution >= 4 is 45.7 Å². The van der Waals surface area contributed by atoms with Crippen molar-refractivity contribution in [2.24, 2.45) is 0 Å². The number of halogens is 5. The fraction of sp³-hybridized carbons (Fsp3) is 0.167. The zero-order chi connectivity index (χ0) is 25.5. The molecule has 0 bridgehead atoms. The second kappa shape index (κ2) is 9.21. The van der Waals surface area contributed by atoms with Gasteiger partial charge in [-0.15, -0.1) is 0 Å². The van der Waals surface area contributed by atoms with Gasteiger partial charge in [-0.1, -0.05) is 41.4 Å². The Kier molecular flexibility index (Phi) is 6.45. The highest BCUT2D eigenvalue weighted by atomic mass is 35.5. The Balaban J connectivity index is 1.75. The fourth-order valence-electron chi connectivity index (χ4n) is 3.73. The molecule has 0 aliphatic heterocycles. The molecular formula is C24H16Cl2F3N5O. The number of hydrogen-bond acceptors (Lipinski definition) is 4. The van der Waals surface area contributed by atoms with E-state index in [1.807, 2.05) is 0 Å². The number of pyridine rings is 1. The number of nitriles is 1. The molecule has 2 aromatic carbocycles. The van der Waals surface area contributed by atoms with Crippen molar-refractivity contribution in [1.82, 2.24) is 14.8 Å². The van der Waals surface area contributed by atoms with Gasteiger partial charge in [-0.3, -0.25) is 9.48 Å². The highest BCUT2D eigenvalue weighted by Crippen LogP contribution is 2.35. The molecule has 1 amide bonds. The van der Waals surface area contributed by atoms with E-state index in [0.29, 0.717) is 28.7 Å². The minimum atomic E-state index is -4.79. The van der Waals surface area contributed by atoms with Gasteiger partial charge in [0.2, 0.25) is 0 Å². The van der Waals surface area contributed by atoms with Gasteiger partial charge in [-0.05, 0) is 43.7 Å². The summed E-state index contributed by atoms with van der Waals surface area (Å²) in [6.07, 6.45) is -4.79. The molecule has 2 heterocycles. The summed E-state index contributed by atoms with van der Waals surface area (Å²) in [6.45, 7) is 3.65. The first kappa shape index (κ1) is 24.5. The van der Waals surface area contributed by atoms with Crippen LogP contribution in [0.1, 0.15) is 38.6 Å². The second-order valence-corrected chi connectivity index (χ2v) is 8.61. The summed E-state index contributed by atoms with van der Waals surface area (Å²) in [7, 11) is 0. The predicted molar refractivity (Wildman–Crippen MR) is 127 cm³/mol. The highest BCUT2D eigenvalue weighted by Gasteiger charge is 2.34. The number of benzene rings is 2.